The molecule has 0 spiro atoms. The summed E-state index contributed by atoms with van der Waals surface area (Å²) in [6.07, 6.45) is 4.32. The van der Waals surface area contributed by atoms with Crippen molar-refractivity contribution in [3.8, 4) is 0 Å². The lowest BCUT2D eigenvalue weighted by Crippen LogP contribution is -2.17. The van der Waals surface area contributed by atoms with Crippen molar-refractivity contribution in [3.63, 3.8) is 0 Å². The Morgan fingerprint density at radius 3 is 1.53 bits per heavy atom. The number of carbonyl (C=O) groups excluding carboxylic acids is 2. The van der Waals surface area contributed by atoms with Crippen LogP contribution in [0.4, 0.5) is 0 Å². The molecule has 0 bridgehead atoms. The van der Waals surface area contributed by atoms with Gasteiger partial charge < -0.3 is 8.37 Å². The molecule has 0 aromatic carbocycles. The summed E-state index contributed by atoms with van der Waals surface area (Å²) in [4.78, 5) is 21.4. The summed E-state index contributed by atoms with van der Waals surface area (Å²) in [5, 5.41) is 0. The van der Waals surface area contributed by atoms with Gasteiger partial charge in [0, 0.05) is 12.2 Å². The third kappa shape index (κ3) is 6.44. The molecule has 0 radical (unpaired) electrons. The quantitative estimate of drug-likeness (QED) is 0.657. The molecule has 0 fully saturated rings. The van der Waals surface area contributed by atoms with E-state index in [1.807, 2.05) is 0 Å². The van der Waals surface area contributed by atoms with Gasteiger partial charge >= 0.3 is 22.3 Å². The van der Waals surface area contributed by atoms with Crippen molar-refractivity contribution in [2.75, 3.05) is 0 Å². The van der Waals surface area contributed by atoms with Gasteiger partial charge in [0.05, 0.1) is 0 Å². The maximum atomic E-state index is 10.8. The number of hydrogen-bond acceptors (Lipinski definition) is 6. The Hall–Kier alpha value is -1.63. The van der Waals surface area contributed by atoms with Crippen LogP contribution in [0.15, 0.2) is 24.3 Å². The molecular formula is C8H10O6S. The summed E-state index contributed by atoms with van der Waals surface area (Å²) >= 11 is 0. The summed E-state index contributed by atoms with van der Waals surface area (Å²) in [5.41, 5.74) is 0. The maximum Gasteiger partial charge on any atom is 0.506 e. The van der Waals surface area contributed by atoms with Crippen LogP contribution in [0.25, 0.3) is 0 Å². The number of allylic oxidation sites excluding steroid dienone is 2. The third-order valence-electron chi connectivity index (χ3n) is 0.974. The van der Waals surface area contributed by atoms with Crippen LogP contribution in [-0.4, -0.2) is 20.4 Å². The van der Waals surface area contributed by atoms with E-state index in [1.54, 1.807) is 0 Å². The van der Waals surface area contributed by atoms with E-state index in [-0.39, 0.29) is 0 Å². The molecule has 0 aromatic rings. The van der Waals surface area contributed by atoms with E-state index in [0.29, 0.717) is 0 Å². The number of carbonyl (C=O) groups is 2. The summed E-state index contributed by atoms with van der Waals surface area (Å²) in [5.74, 6) is -2.27. The van der Waals surface area contributed by atoms with Crippen LogP contribution in [0.3, 0.4) is 0 Å². The number of rotatable bonds is 4. The first-order valence-electron chi connectivity index (χ1n) is 3.88. The van der Waals surface area contributed by atoms with Crippen LogP contribution in [0.5, 0.6) is 0 Å². The van der Waals surface area contributed by atoms with Gasteiger partial charge in [0.25, 0.3) is 0 Å². The van der Waals surface area contributed by atoms with Crippen LogP contribution in [0, 0.1) is 0 Å². The molecule has 0 aromatic heterocycles. The predicted octanol–water partition coefficient (Wildman–Crippen LogP) is 0.470. The molecule has 84 valence electrons. The standard InChI is InChI=1S/C8H10O6S/c1-3-5-7(9)13-15(11,12)14-8(10)6-4-2/h3-6H,1-2H3. The summed E-state index contributed by atoms with van der Waals surface area (Å²) < 4.78 is 29.4. The minimum absolute atomic E-state index is 0.876. The fourth-order valence-corrected chi connectivity index (χ4v) is 1.09. The van der Waals surface area contributed by atoms with Crippen molar-refractivity contribution in [1.29, 1.82) is 0 Å². The van der Waals surface area contributed by atoms with Gasteiger partial charge in [0.2, 0.25) is 0 Å². The second kappa shape index (κ2) is 5.97. The Morgan fingerprint density at radius 2 is 1.27 bits per heavy atom. The average Bonchev–Trinajstić information content (AvgIpc) is 2.01. The minimum Gasteiger partial charge on any atom is -0.312 e. The monoisotopic (exact) mass is 234 g/mol. The molecule has 15 heavy (non-hydrogen) atoms. The van der Waals surface area contributed by atoms with E-state index >= 15 is 0 Å². The highest BCUT2D eigenvalue weighted by Gasteiger charge is 2.19. The molecule has 6 nitrogen and oxygen atoms in total. The van der Waals surface area contributed by atoms with Gasteiger partial charge in [-0.3, -0.25) is 0 Å². The minimum atomic E-state index is -4.63. The molecule has 0 aliphatic heterocycles. The average molecular weight is 234 g/mol. The lowest BCUT2D eigenvalue weighted by atomic mass is 10.5. The number of hydrogen-bond donors (Lipinski definition) is 0. The van der Waals surface area contributed by atoms with Gasteiger partial charge in [-0.15, -0.1) is 8.42 Å². The molecule has 0 amide bonds. The summed E-state index contributed by atoms with van der Waals surface area (Å²) in [6, 6.07) is 0. The maximum absolute atomic E-state index is 10.8. The molecule has 0 aliphatic rings. The zero-order valence-electron chi connectivity index (χ0n) is 8.17. The normalized spacial score (nSPS) is 11.9. The van der Waals surface area contributed by atoms with Crippen molar-refractivity contribution in [2.24, 2.45) is 0 Å². The van der Waals surface area contributed by atoms with E-state index in [2.05, 4.69) is 8.37 Å². The van der Waals surface area contributed by atoms with E-state index in [1.165, 1.54) is 26.0 Å². The first kappa shape index (κ1) is 13.4. The molecule has 0 N–H and O–H groups in total. The fraction of sp³-hybridized carbons (Fsp3) is 0.250. The van der Waals surface area contributed by atoms with Crippen LogP contribution in [-0.2, 0) is 28.4 Å². The van der Waals surface area contributed by atoms with Gasteiger partial charge in [-0.05, 0) is 13.8 Å². The largest absolute Gasteiger partial charge is 0.506 e. The van der Waals surface area contributed by atoms with Crippen molar-refractivity contribution >= 4 is 22.3 Å². The van der Waals surface area contributed by atoms with E-state index in [0.717, 1.165) is 12.2 Å². The Kier molecular flexibility index (Phi) is 5.32. The topological polar surface area (TPSA) is 86.7 Å². The molecular weight excluding hydrogens is 224 g/mol. The van der Waals surface area contributed by atoms with Crippen LogP contribution in [0.2, 0.25) is 0 Å². The molecule has 7 heteroatoms. The molecule has 0 saturated heterocycles. The lowest BCUT2D eigenvalue weighted by Gasteiger charge is -2.00. The van der Waals surface area contributed by atoms with Gasteiger partial charge in [0.1, 0.15) is 0 Å². The third-order valence-corrected chi connectivity index (χ3v) is 1.71. The highest BCUT2D eigenvalue weighted by molar-refractivity contribution is 7.82. The Morgan fingerprint density at radius 1 is 0.933 bits per heavy atom. The summed E-state index contributed by atoms with van der Waals surface area (Å²) in [7, 11) is -4.63. The van der Waals surface area contributed by atoms with Crippen molar-refractivity contribution < 1.29 is 26.4 Å². The Bertz CT molecular complexity index is 357. The second-order valence-electron chi connectivity index (χ2n) is 2.21. The van der Waals surface area contributed by atoms with E-state index < -0.39 is 22.3 Å². The molecule has 0 atom stereocenters. The smallest absolute Gasteiger partial charge is 0.312 e. The molecule has 0 aliphatic carbocycles. The van der Waals surface area contributed by atoms with Crippen LogP contribution >= 0.6 is 0 Å². The first-order valence-corrected chi connectivity index (χ1v) is 5.22. The molecule has 0 heterocycles. The second-order valence-corrected chi connectivity index (χ2v) is 3.36. The van der Waals surface area contributed by atoms with Crippen LogP contribution in [0.1, 0.15) is 13.8 Å². The van der Waals surface area contributed by atoms with Gasteiger partial charge in [-0.2, -0.15) is 0 Å². The molecule has 0 saturated carbocycles. The lowest BCUT2D eigenvalue weighted by molar-refractivity contribution is -0.132. The van der Waals surface area contributed by atoms with E-state index in [9.17, 15) is 18.0 Å². The van der Waals surface area contributed by atoms with Crippen LogP contribution < -0.4 is 0 Å². The fourth-order valence-electron chi connectivity index (χ4n) is 0.546. The van der Waals surface area contributed by atoms with Gasteiger partial charge in [0.15, 0.2) is 0 Å². The van der Waals surface area contributed by atoms with Crippen molar-refractivity contribution in [3.05, 3.63) is 24.3 Å². The zero-order valence-corrected chi connectivity index (χ0v) is 8.98. The van der Waals surface area contributed by atoms with Gasteiger partial charge in [-0.25, -0.2) is 9.59 Å². The molecule has 0 unspecified atom stereocenters. The summed E-state index contributed by atoms with van der Waals surface area (Å²) in [6.45, 7) is 3.00. The van der Waals surface area contributed by atoms with Gasteiger partial charge in [-0.1, -0.05) is 12.2 Å². The SMILES string of the molecule is CC=CC(=O)OS(=O)(=O)OC(=O)C=CC. The van der Waals surface area contributed by atoms with E-state index in [4.69, 9.17) is 0 Å². The Labute approximate surface area is 87.5 Å². The highest BCUT2D eigenvalue weighted by atomic mass is 32.3. The first-order chi connectivity index (χ1) is 6.91. The zero-order chi connectivity index (χ0) is 11.9. The predicted molar refractivity (Wildman–Crippen MR) is 50.7 cm³/mol. The highest BCUT2D eigenvalue weighted by Crippen LogP contribution is 1.99. The van der Waals surface area contributed by atoms with Crippen molar-refractivity contribution in [2.45, 2.75) is 13.8 Å². The van der Waals surface area contributed by atoms with Crippen molar-refractivity contribution in [1.82, 2.24) is 0 Å². The molecule has 0 rings (SSSR count). The Balaban J connectivity index is 4.45.